The lowest BCUT2D eigenvalue weighted by Gasteiger charge is -2.17. The number of rotatable bonds is 2. The molecule has 0 radical (unpaired) electrons. The van der Waals surface area contributed by atoms with E-state index < -0.39 is 0 Å². The molecule has 0 aromatic heterocycles. The lowest BCUT2D eigenvalue weighted by Crippen LogP contribution is -2.04. The number of benzene rings is 1. The SMILES string of the molecule is CC.N#CCC1CCCCC1.NCc1cccc(F)c1. The topological polar surface area (TPSA) is 49.8 Å². The summed E-state index contributed by atoms with van der Waals surface area (Å²) in [4.78, 5) is 0. The summed E-state index contributed by atoms with van der Waals surface area (Å²) < 4.78 is 12.3. The van der Waals surface area contributed by atoms with Crippen molar-refractivity contribution in [3.63, 3.8) is 0 Å². The van der Waals surface area contributed by atoms with Crippen molar-refractivity contribution in [2.24, 2.45) is 11.7 Å². The highest BCUT2D eigenvalue weighted by atomic mass is 19.1. The van der Waals surface area contributed by atoms with E-state index in [9.17, 15) is 4.39 Å². The first-order chi connectivity index (χ1) is 9.76. The van der Waals surface area contributed by atoms with Crippen LogP contribution in [-0.2, 0) is 6.54 Å². The molecule has 1 aliphatic carbocycles. The Morgan fingerprint density at radius 2 is 1.90 bits per heavy atom. The Bertz CT molecular complexity index is 379. The van der Waals surface area contributed by atoms with Crippen LogP contribution >= 0.6 is 0 Å². The molecule has 1 fully saturated rings. The van der Waals surface area contributed by atoms with Gasteiger partial charge in [-0.2, -0.15) is 5.26 Å². The van der Waals surface area contributed by atoms with E-state index in [0.717, 1.165) is 17.9 Å². The molecule has 1 saturated carbocycles. The second kappa shape index (κ2) is 12.6. The fraction of sp³-hybridized carbons (Fsp3) is 0.588. The van der Waals surface area contributed by atoms with Gasteiger partial charge in [0.1, 0.15) is 5.82 Å². The predicted octanol–water partition coefficient (Wildman–Crippen LogP) is 4.79. The van der Waals surface area contributed by atoms with E-state index in [2.05, 4.69) is 6.07 Å². The third-order valence-electron chi connectivity index (χ3n) is 3.23. The Morgan fingerprint density at radius 1 is 1.25 bits per heavy atom. The molecule has 1 aromatic rings. The Hall–Kier alpha value is -1.40. The molecule has 0 amide bonds. The molecule has 0 unspecified atom stereocenters. The fourth-order valence-electron chi connectivity index (χ4n) is 2.18. The standard InChI is InChI=1S/C8H13N.C7H8FN.C2H6/c9-7-6-8-4-2-1-3-5-8;8-7-3-1-2-6(4-7)5-9;1-2/h8H,1-6H2;1-4H,5,9H2;1-2H3. The van der Waals surface area contributed by atoms with E-state index in [-0.39, 0.29) is 5.82 Å². The molecule has 112 valence electrons. The second-order valence-electron chi connectivity index (χ2n) is 4.70. The average molecular weight is 278 g/mol. The average Bonchev–Trinajstić information content (AvgIpc) is 2.51. The van der Waals surface area contributed by atoms with Crippen molar-refractivity contribution in [2.45, 2.75) is 58.9 Å². The fourth-order valence-corrected chi connectivity index (χ4v) is 2.18. The van der Waals surface area contributed by atoms with Crippen LogP contribution in [-0.4, -0.2) is 0 Å². The molecule has 0 aliphatic heterocycles. The van der Waals surface area contributed by atoms with Crippen LogP contribution in [0.25, 0.3) is 0 Å². The van der Waals surface area contributed by atoms with Gasteiger partial charge in [-0.15, -0.1) is 0 Å². The number of hydrogen-bond donors (Lipinski definition) is 1. The van der Waals surface area contributed by atoms with Crippen LogP contribution < -0.4 is 5.73 Å². The quantitative estimate of drug-likeness (QED) is 0.845. The van der Waals surface area contributed by atoms with Gasteiger partial charge in [-0.25, -0.2) is 4.39 Å². The van der Waals surface area contributed by atoms with E-state index in [0.29, 0.717) is 6.54 Å². The maximum atomic E-state index is 12.3. The largest absolute Gasteiger partial charge is 0.326 e. The van der Waals surface area contributed by atoms with Crippen LogP contribution in [0.5, 0.6) is 0 Å². The van der Waals surface area contributed by atoms with Gasteiger partial charge in [0.25, 0.3) is 0 Å². The Morgan fingerprint density at radius 3 is 2.35 bits per heavy atom. The molecule has 0 saturated heterocycles. The third kappa shape index (κ3) is 8.66. The maximum Gasteiger partial charge on any atom is 0.123 e. The van der Waals surface area contributed by atoms with Gasteiger partial charge in [-0.05, 0) is 36.5 Å². The molecule has 3 heteroatoms. The van der Waals surface area contributed by atoms with E-state index >= 15 is 0 Å². The Balaban J connectivity index is 0.000000321. The van der Waals surface area contributed by atoms with Gasteiger partial charge < -0.3 is 5.73 Å². The van der Waals surface area contributed by atoms with E-state index in [1.165, 1.54) is 44.2 Å². The minimum absolute atomic E-state index is 0.224. The van der Waals surface area contributed by atoms with Crippen LogP contribution in [0.3, 0.4) is 0 Å². The normalized spacial score (nSPS) is 14.2. The van der Waals surface area contributed by atoms with Crippen molar-refractivity contribution in [1.82, 2.24) is 0 Å². The number of nitriles is 1. The summed E-state index contributed by atoms with van der Waals surface area (Å²) in [7, 11) is 0. The van der Waals surface area contributed by atoms with Crippen LogP contribution in [0.15, 0.2) is 24.3 Å². The van der Waals surface area contributed by atoms with Crippen LogP contribution in [0.4, 0.5) is 4.39 Å². The van der Waals surface area contributed by atoms with Gasteiger partial charge in [-0.1, -0.05) is 45.2 Å². The highest BCUT2D eigenvalue weighted by Crippen LogP contribution is 2.25. The van der Waals surface area contributed by atoms with Crippen molar-refractivity contribution >= 4 is 0 Å². The number of halogens is 1. The number of hydrogen-bond acceptors (Lipinski definition) is 2. The highest BCUT2D eigenvalue weighted by molar-refractivity contribution is 5.15. The zero-order chi connectivity index (χ0) is 15.2. The monoisotopic (exact) mass is 278 g/mol. The summed E-state index contributed by atoms with van der Waals surface area (Å²) in [5, 5.41) is 8.37. The first kappa shape index (κ1) is 18.6. The summed E-state index contributed by atoms with van der Waals surface area (Å²) in [6.07, 6.45) is 7.49. The molecule has 2 rings (SSSR count). The molecule has 0 bridgehead atoms. The van der Waals surface area contributed by atoms with Gasteiger partial charge >= 0.3 is 0 Å². The molecule has 2 nitrogen and oxygen atoms in total. The van der Waals surface area contributed by atoms with E-state index in [1.807, 2.05) is 13.8 Å². The van der Waals surface area contributed by atoms with Crippen LogP contribution in [0.1, 0.15) is 57.9 Å². The van der Waals surface area contributed by atoms with Crippen molar-refractivity contribution in [1.29, 1.82) is 5.26 Å². The number of nitrogens with zero attached hydrogens (tertiary/aromatic N) is 1. The third-order valence-corrected chi connectivity index (χ3v) is 3.23. The van der Waals surface area contributed by atoms with Gasteiger partial charge in [-0.3, -0.25) is 0 Å². The molecule has 0 atom stereocenters. The second-order valence-corrected chi connectivity index (χ2v) is 4.70. The van der Waals surface area contributed by atoms with Crippen LogP contribution in [0.2, 0.25) is 0 Å². The van der Waals surface area contributed by atoms with Gasteiger partial charge in [0.05, 0.1) is 6.07 Å². The minimum atomic E-state index is -0.224. The van der Waals surface area contributed by atoms with E-state index in [1.54, 1.807) is 12.1 Å². The lowest BCUT2D eigenvalue weighted by molar-refractivity contribution is 0.364. The van der Waals surface area contributed by atoms with Gasteiger partial charge in [0.2, 0.25) is 0 Å². The Labute approximate surface area is 122 Å². The molecule has 1 aromatic carbocycles. The summed E-state index contributed by atoms with van der Waals surface area (Å²) in [6.45, 7) is 4.40. The zero-order valence-electron chi connectivity index (χ0n) is 12.7. The molecular formula is C17H27FN2. The smallest absolute Gasteiger partial charge is 0.123 e. The predicted molar refractivity (Wildman–Crippen MR) is 82.4 cm³/mol. The zero-order valence-corrected chi connectivity index (χ0v) is 12.7. The highest BCUT2D eigenvalue weighted by Gasteiger charge is 2.11. The Kier molecular flexibility index (Phi) is 11.7. The summed E-state index contributed by atoms with van der Waals surface area (Å²) in [5.41, 5.74) is 6.08. The molecule has 1 aliphatic rings. The van der Waals surface area contributed by atoms with Crippen molar-refractivity contribution in [3.05, 3.63) is 35.6 Å². The molecular weight excluding hydrogens is 251 g/mol. The maximum absolute atomic E-state index is 12.3. The van der Waals surface area contributed by atoms with Gasteiger partial charge in [0, 0.05) is 13.0 Å². The van der Waals surface area contributed by atoms with Crippen molar-refractivity contribution < 1.29 is 4.39 Å². The number of nitrogens with two attached hydrogens (primary N) is 1. The summed E-state index contributed by atoms with van der Waals surface area (Å²) in [5.74, 6) is 0.515. The minimum Gasteiger partial charge on any atom is -0.326 e. The first-order valence-electron chi connectivity index (χ1n) is 7.57. The summed E-state index contributed by atoms with van der Waals surface area (Å²) >= 11 is 0. The van der Waals surface area contributed by atoms with E-state index in [4.69, 9.17) is 11.0 Å². The van der Waals surface area contributed by atoms with Gasteiger partial charge in [0.15, 0.2) is 0 Å². The molecule has 0 spiro atoms. The first-order valence-corrected chi connectivity index (χ1v) is 7.57. The van der Waals surface area contributed by atoms with Crippen molar-refractivity contribution in [2.75, 3.05) is 0 Å². The molecule has 2 N–H and O–H groups in total. The molecule has 0 heterocycles. The summed E-state index contributed by atoms with van der Waals surface area (Å²) in [6, 6.07) is 8.51. The molecule has 20 heavy (non-hydrogen) atoms. The van der Waals surface area contributed by atoms with Crippen molar-refractivity contribution in [3.8, 4) is 6.07 Å². The van der Waals surface area contributed by atoms with Crippen LogP contribution in [0, 0.1) is 23.1 Å². The lowest BCUT2D eigenvalue weighted by atomic mass is 9.87.